The fourth-order valence-corrected chi connectivity index (χ4v) is 4.22. The number of carbonyl (C=O) groups is 2. The summed E-state index contributed by atoms with van der Waals surface area (Å²) in [5, 5.41) is 0. The van der Waals surface area contributed by atoms with Gasteiger partial charge in [0.15, 0.2) is 5.41 Å². The highest BCUT2D eigenvalue weighted by Gasteiger charge is 2.62. The molecule has 2 aliphatic rings. The fraction of sp³-hybridized carbons (Fsp3) is 0.263. The second-order valence-corrected chi connectivity index (χ2v) is 6.42. The van der Waals surface area contributed by atoms with Crippen LogP contribution in [-0.4, -0.2) is 25.9 Å². The summed E-state index contributed by atoms with van der Waals surface area (Å²) in [6, 6.07) is 11.6. The zero-order valence-electron chi connectivity index (χ0n) is 13.7. The average molecular weight is 306 g/mol. The monoisotopic (exact) mass is 306 g/mol. The number of fused-ring (bicyclic) bond motifs is 4. The lowest BCUT2D eigenvalue weighted by Gasteiger charge is -2.21. The summed E-state index contributed by atoms with van der Waals surface area (Å²) in [5.74, 6) is -0.328. The van der Waals surface area contributed by atoms with E-state index in [9.17, 15) is 9.59 Å². The molecule has 23 heavy (non-hydrogen) atoms. The Balaban J connectivity index is 2.16. The average Bonchev–Trinajstić information content (AvgIpc) is 2.89. The van der Waals surface area contributed by atoms with Gasteiger partial charge in [-0.2, -0.15) is 0 Å². The van der Waals surface area contributed by atoms with Gasteiger partial charge >= 0.3 is 0 Å². The van der Waals surface area contributed by atoms with E-state index in [1.54, 1.807) is 23.9 Å². The minimum Gasteiger partial charge on any atom is -0.313 e. The van der Waals surface area contributed by atoms with Crippen molar-refractivity contribution in [3.63, 3.8) is 0 Å². The van der Waals surface area contributed by atoms with Crippen molar-refractivity contribution in [3.05, 3.63) is 58.7 Å². The molecule has 0 unspecified atom stereocenters. The van der Waals surface area contributed by atoms with Gasteiger partial charge in [0.2, 0.25) is 0 Å². The number of likely N-dealkylation sites (N-methyl/N-ethyl adjacent to an activating group) is 2. The second kappa shape index (κ2) is 4.22. The van der Waals surface area contributed by atoms with Gasteiger partial charge in [0.05, 0.1) is 11.4 Å². The molecule has 0 fully saturated rings. The van der Waals surface area contributed by atoms with E-state index in [-0.39, 0.29) is 11.8 Å². The Morgan fingerprint density at radius 2 is 1.13 bits per heavy atom. The van der Waals surface area contributed by atoms with Crippen molar-refractivity contribution in [2.24, 2.45) is 0 Å². The number of anilines is 2. The van der Waals surface area contributed by atoms with E-state index >= 15 is 0 Å². The molecular weight excluding hydrogens is 288 g/mol. The number of nitrogens with zero attached hydrogens (tertiary/aromatic N) is 2. The predicted molar refractivity (Wildman–Crippen MR) is 90.0 cm³/mol. The Labute approximate surface area is 135 Å². The topological polar surface area (TPSA) is 40.6 Å². The maximum atomic E-state index is 13.2. The van der Waals surface area contributed by atoms with Crippen LogP contribution >= 0.6 is 0 Å². The number of hydrogen-bond acceptors (Lipinski definition) is 2. The van der Waals surface area contributed by atoms with Crippen molar-refractivity contribution in [2.75, 3.05) is 23.9 Å². The smallest absolute Gasteiger partial charge is 0.251 e. The van der Waals surface area contributed by atoms with Gasteiger partial charge in [0, 0.05) is 25.2 Å². The summed E-state index contributed by atoms with van der Waals surface area (Å²) < 4.78 is 0. The zero-order chi connectivity index (χ0) is 16.5. The molecule has 4 nitrogen and oxygen atoms in total. The van der Waals surface area contributed by atoms with E-state index in [4.69, 9.17) is 0 Å². The summed E-state index contributed by atoms with van der Waals surface area (Å²) in [6.07, 6.45) is 0. The van der Waals surface area contributed by atoms with Gasteiger partial charge in [-0.1, -0.05) is 36.4 Å². The van der Waals surface area contributed by atoms with Gasteiger partial charge < -0.3 is 9.80 Å². The van der Waals surface area contributed by atoms with Crippen LogP contribution < -0.4 is 9.80 Å². The molecule has 4 heteroatoms. The van der Waals surface area contributed by atoms with E-state index < -0.39 is 5.41 Å². The van der Waals surface area contributed by atoms with E-state index in [1.165, 1.54) is 0 Å². The molecule has 0 radical (unpaired) electrons. The van der Waals surface area contributed by atoms with Crippen molar-refractivity contribution in [3.8, 4) is 0 Å². The van der Waals surface area contributed by atoms with E-state index in [1.807, 2.05) is 50.2 Å². The molecule has 0 atom stereocenters. The Morgan fingerprint density at radius 3 is 1.52 bits per heavy atom. The number of rotatable bonds is 0. The van der Waals surface area contributed by atoms with Crippen molar-refractivity contribution in [1.29, 1.82) is 0 Å². The summed E-state index contributed by atoms with van der Waals surface area (Å²) in [5.41, 5.74) is 4.09. The van der Waals surface area contributed by atoms with Crippen LogP contribution in [0.4, 0.5) is 11.4 Å². The van der Waals surface area contributed by atoms with Gasteiger partial charge in [-0.25, -0.2) is 0 Å². The molecule has 2 aliphatic heterocycles. The molecule has 0 saturated carbocycles. The van der Waals surface area contributed by atoms with Gasteiger partial charge in [-0.15, -0.1) is 0 Å². The number of hydrogen-bond donors (Lipinski definition) is 0. The quantitative estimate of drug-likeness (QED) is 0.702. The molecule has 0 aliphatic carbocycles. The molecule has 0 saturated heterocycles. The van der Waals surface area contributed by atoms with Gasteiger partial charge in [-0.05, 0) is 25.0 Å². The van der Waals surface area contributed by atoms with Gasteiger partial charge in [0.25, 0.3) is 11.8 Å². The van der Waals surface area contributed by atoms with Crippen LogP contribution in [0.1, 0.15) is 22.3 Å². The Bertz CT molecular complexity index is 811. The highest BCUT2D eigenvalue weighted by Crippen LogP contribution is 2.54. The summed E-state index contributed by atoms with van der Waals surface area (Å²) in [4.78, 5) is 29.8. The minimum atomic E-state index is -1.23. The standard InChI is InChI=1S/C19H18N2O2/c1-11-7-5-9-13-15(11)20(3)17(22)19(13)14-10-6-8-12(2)16(14)21(4)18(19)23/h5-10H,1-4H3. The first-order valence-corrected chi connectivity index (χ1v) is 7.69. The van der Waals surface area contributed by atoms with Gasteiger partial charge in [-0.3, -0.25) is 9.59 Å². The summed E-state index contributed by atoms with van der Waals surface area (Å²) >= 11 is 0. The third kappa shape index (κ3) is 1.37. The highest BCUT2D eigenvalue weighted by atomic mass is 16.2. The van der Waals surface area contributed by atoms with Crippen LogP contribution in [0.3, 0.4) is 0 Å². The lowest BCUT2D eigenvalue weighted by atomic mass is 9.75. The SMILES string of the molecule is Cc1cccc2c1N(C)C(=O)C21C(=O)N(C)c2c(C)cccc21. The molecular formula is C19H18N2O2. The van der Waals surface area contributed by atoms with Crippen molar-refractivity contribution >= 4 is 23.2 Å². The molecule has 2 amide bonds. The normalized spacial score (nSPS) is 17.9. The number of para-hydroxylation sites is 2. The van der Waals surface area contributed by atoms with E-state index in [0.29, 0.717) is 0 Å². The maximum absolute atomic E-state index is 13.2. The highest BCUT2D eigenvalue weighted by molar-refractivity contribution is 6.31. The number of carbonyl (C=O) groups excluding carboxylic acids is 2. The molecule has 2 aromatic rings. The molecule has 116 valence electrons. The van der Waals surface area contributed by atoms with Crippen LogP contribution in [0.2, 0.25) is 0 Å². The van der Waals surface area contributed by atoms with Crippen LogP contribution in [0, 0.1) is 13.8 Å². The molecule has 4 rings (SSSR count). The Morgan fingerprint density at radius 1 is 0.739 bits per heavy atom. The Hall–Kier alpha value is -2.62. The lowest BCUT2D eigenvalue weighted by molar-refractivity contribution is -0.130. The first-order chi connectivity index (χ1) is 10.9. The molecule has 1 spiro atoms. The summed E-state index contributed by atoms with van der Waals surface area (Å²) in [6.45, 7) is 3.95. The number of benzene rings is 2. The first kappa shape index (κ1) is 14.0. The van der Waals surface area contributed by atoms with Crippen molar-refractivity contribution < 1.29 is 9.59 Å². The van der Waals surface area contributed by atoms with Crippen LogP contribution in [0.5, 0.6) is 0 Å². The fourth-order valence-electron chi connectivity index (χ4n) is 4.22. The minimum absolute atomic E-state index is 0.164. The third-order valence-corrected chi connectivity index (χ3v) is 5.21. The van der Waals surface area contributed by atoms with Crippen LogP contribution in [0.25, 0.3) is 0 Å². The lowest BCUT2D eigenvalue weighted by Crippen LogP contribution is -2.47. The molecule has 0 N–H and O–H groups in total. The number of amides is 2. The number of aryl methyl sites for hydroxylation is 2. The third-order valence-electron chi connectivity index (χ3n) is 5.21. The molecule has 2 heterocycles. The molecule has 0 bridgehead atoms. The van der Waals surface area contributed by atoms with E-state index in [0.717, 1.165) is 33.6 Å². The maximum Gasteiger partial charge on any atom is 0.251 e. The largest absolute Gasteiger partial charge is 0.313 e. The first-order valence-electron chi connectivity index (χ1n) is 7.69. The van der Waals surface area contributed by atoms with E-state index in [2.05, 4.69) is 0 Å². The summed E-state index contributed by atoms with van der Waals surface area (Å²) in [7, 11) is 3.51. The Kier molecular flexibility index (Phi) is 2.57. The zero-order valence-corrected chi connectivity index (χ0v) is 13.7. The van der Waals surface area contributed by atoms with Crippen molar-refractivity contribution in [2.45, 2.75) is 19.3 Å². The van der Waals surface area contributed by atoms with Crippen LogP contribution in [0.15, 0.2) is 36.4 Å². The van der Waals surface area contributed by atoms with Crippen molar-refractivity contribution in [1.82, 2.24) is 0 Å². The second-order valence-electron chi connectivity index (χ2n) is 6.42. The predicted octanol–water partition coefficient (Wildman–Crippen LogP) is 2.54. The van der Waals surface area contributed by atoms with Crippen LogP contribution in [-0.2, 0) is 15.0 Å². The van der Waals surface area contributed by atoms with Gasteiger partial charge in [0.1, 0.15) is 0 Å². The molecule has 0 aromatic heterocycles. The molecule has 2 aromatic carbocycles.